The van der Waals surface area contributed by atoms with Crippen LogP contribution in [-0.2, 0) is 11.3 Å². The summed E-state index contributed by atoms with van der Waals surface area (Å²) < 4.78 is 8.33. The summed E-state index contributed by atoms with van der Waals surface area (Å²) in [6.45, 7) is 5.92. The fourth-order valence-corrected chi connectivity index (χ4v) is 4.07. The Hall–Kier alpha value is -3.15. The number of β-amino-alcohol motifs (C(OH)–C–C–N with tert-alkyl or cyclic N) is 1. The first kappa shape index (κ1) is 21.1. The third-order valence-electron chi connectivity index (χ3n) is 5.23. The first-order chi connectivity index (χ1) is 14.8. The number of ether oxygens (including phenoxy) is 1. The summed E-state index contributed by atoms with van der Waals surface area (Å²) in [5.74, 6) is 0. The Morgan fingerprint density at radius 2 is 1.97 bits per heavy atom. The number of nitrogens with zero attached hydrogens (tertiary/aromatic N) is 6. The van der Waals surface area contributed by atoms with Crippen molar-refractivity contribution in [2.45, 2.75) is 38.7 Å². The molecule has 0 spiro atoms. The molecule has 3 unspecified atom stereocenters. The SMILES string of the molecule is CC1CN(CC(O)Cn2cnc3c(cnn3-c3ccccc3[N+](=O)[O-])c2=O)CC(C)O1. The van der Waals surface area contributed by atoms with Gasteiger partial charge in [-0.15, -0.1) is 0 Å². The van der Waals surface area contributed by atoms with E-state index >= 15 is 0 Å². The standard InChI is InChI=1S/C20H24N6O5/c1-13-8-23(9-14(2)31-13)10-15(27)11-24-12-21-19-16(20(24)28)7-22-25(19)17-5-3-4-6-18(17)26(29)30/h3-7,12-15,27H,8-11H2,1-2H3. The van der Waals surface area contributed by atoms with Gasteiger partial charge in [-0.05, 0) is 19.9 Å². The number of aromatic nitrogens is 4. The van der Waals surface area contributed by atoms with E-state index in [1.165, 1.54) is 27.8 Å². The molecule has 4 rings (SSSR count). The molecule has 3 atom stereocenters. The largest absolute Gasteiger partial charge is 0.390 e. The van der Waals surface area contributed by atoms with Crippen LogP contribution in [0.1, 0.15) is 13.8 Å². The Labute approximate surface area is 177 Å². The van der Waals surface area contributed by atoms with Crippen molar-refractivity contribution in [2.75, 3.05) is 19.6 Å². The van der Waals surface area contributed by atoms with Crippen molar-refractivity contribution >= 4 is 16.7 Å². The van der Waals surface area contributed by atoms with Crippen molar-refractivity contribution in [2.24, 2.45) is 0 Å². The second kappa shape index (κ2) is 8.53. The van der Waals surface area contributed by atoms with Gasteiger partial charge in [-0.2, -0.15) is 5.10 Å². The van der Waals surface area contributed by atoms with E-state index in [1.54, 1.807) is 18.2 Å². The van der Waals surface area contributed by atoms with E-state index < -0.39 is 11.0 Å². The van der Waals surface area contributed by atoms with Crippen molar-refractivity contribution < 1.29 is 14.8 Å². The van der Waals surface area contributed by atoms with Gasteiger partial charge in [0.1, 0.15) is 17.4 Å². The first-order valence-corrected chi connectivity index (χ1v) is 10.1. The van der Waals surface area contributed by atoms with Crippen LogP contribution in [0.5, 0.6) is 0 Å². The maximum atomic E-state index is 12.9. The molecule has 0 radical (unpaired) electrons. The summed E-state index contributed by atoms with van der Waals surface area (Å²) in [5, 5.41) is 26.3. The van der Waals surface area contributed by atoms with Crippen LogP contribution >= 0.6 is 0 Å². The van der Waals surface area contributed by atoms with Crippen LogP contribution in [0.15, 0.2) is 41.6 Å². The molecule has 1 aliphatic heterocycles. The van der Waals surface area contributed by atoms with E-state index in [0.29, 0.717) is 6.54 Å². The number of benzene rings is 1. The molecule has 1 fully saturated rings. The third-order valence-corrected chi connectivity index (χ3v) is 5.23. The van der Waals surface area contributed by atoms with Crippen LogP contribution in [0.4, 0.5) is 5.69 Å². The molecule has 11 nitrogen and oxygen atoms in total. The van der Waals surface area contributed by atoms with Gasteiger partial charge in [0, 0.05) is 25.7 Å². The Morgan fingerprint density at radius 1 is 1.26 bits per heavy atom. The van der Waals surface area contributed by atoms with Gasteiger partial charge in [-0.25, -0.2) is 9.67 Å². The predicted molar refractivity (Wildman–Crippen MR) is 112 cm³/mol. The molecule has 164 valence electrons. The number of morpholine rings is 1. The van der Waals surface area contributed by atoms with E-state index in [0.717, 1.165) is 13.1 Å². The quantitative estimate of drug-likeness (QED) is 0.454. The molecule has 31 heavy (non-hydrogen) atoms. The Balaban J connectivity index is 1.57. The van der Waals surface area contributed by atoms with Crippen LogP contribution in [0.2, 0.25) is 0 Å². The second-order valence-electron chi connectivity index (χ2n) is 7.87. The molecular weight excluding hydrogens is 404 g/mol. The number of hydrogen-bond donors (Lipinski definition) is 1. The monoisotopic (exact) mass is 428 g/mol. The predicted octanol–water partition coefficient (Wildman–Crippen LogP) is 0.960. The number of fused-ring (bicyclic) bond motifs is 1. The lowest BCUT2D eigenvalue weighted by atomic mass is 10.2. The van der Waals surface area contributed by atoms with E-state index in [-0.39, 0.29) is 46.7 Å². The molecule has 3 aromatic rings. The average Bonchev–Trinajstić information content (AvgIpc) is 3.14. The minimum atomic E-state index is -0.764. The van der Waals surface area contributed by atoms with Crippen molar-refractivity contribution in [3.05, 3.63) is 57.3 Å². The van der Waals surface area contributed by atoms with Crippen LogP contribution in [0.25, 0.3) is 16.7 Å². The Morgan fingerprint density at radius 3 is 2.68 bits per heavy atom. The van der Waals surface area contributed by atoms with Gasteiger partial charge < -0.3 is 9.84 Å². The summed E-state index contributed by atoms with van der Waals surface area (Å²) in [6.07, 6.45) is 2.09. The van der Waals surface area contributed by atoms with Gasteiger partial charge in [0.25, 0.3) is 11.2 Å². The van der Waals surface area contributed by atoms with Crippen LogP contribution in [0, 0.1) is 10.1 Å². The second-order valence-corrected chi connectivity index (χ2v) is 7.87. The minimum Gasteiger partial charge on any atom is -0.390 e. The van der Waals surface area contributed by atoms with Gasteiger partial charge in [0.15, 0.2) is 5.65 Å². The number of nitro benzene ring substituents is 1. The average molecular weight is 428 g/mol. The lowest BCUT2D eigenvalue weighted by molar-refractivity contribution is -0.384. The first-order valence-electron chi connectivity index (χ1n) is 10.1. The third kappa shape index (κ3) is 4.33. The maximum absolute atomic E-state index is 12.9. The van der Waals surface area contributed by atoms with Crippen molar-refractivity contribution in [3.63, 3.8) is 0 Å². The maximum Gasteiger partial charge on any atom is 0.294 e. The molecule has 0 saturated carbocycles. The summed E-state index contributed by atoms with van der Waals surface area (Å²) in [7, 11) is 0. The highest BCUT2D eigenvalue weighted by Crippen LogP contribution is 2.23. The number of aliphatic hydroxyl groups excluding tert-OH is 1. The Bertz CT molecular complexity index is 1150. The zero-order valence-corrected chi connectivity index (χ0v) is 17.3. The van der Waals surface area contributed by atoms with Gasteiger partial charge in [-0.3, -0.25) is 24.4 Å². The molecule has 0 bridgehead atoms. The van der Waals surface area contributed by atoms with Crippen molar-refractivity contribution in [1.82, 2.24) is 24.2 Å². The number of aliphatic hydroxyl groups is 1. The van der Waals surface area contributed by atoms with E-state index in [4.69, 9.17) is 4.74 Å². The molecule has 0 amide bonds. The molecular formula is C20H24N6O5. The number of hydrogen-bond acceptors (Lipinski definition) is 8. The van der Waals surface area contributed by atoms with Gasteiger partial charge in [0.05, 0.1) is 36.0 Å². The summed E-state index contributed by atoms with van der Waals surface area (Å²) >= 11 is 0. The van der Waals surface area contributed by atoms with E-state index in [2.05, 4.69) is 15.0 Å². The zero-order chi connectivity index (χ0) is 22.1. The summed E-state index contributed by atoms with van der Waals surface area (Å²) in [6, 6.07) is 6.13. The van der Waals surface area contributed by atoms with Crippen molar-refractivity contribution in [1.29, 1.82) is 0 Å². The molecule has 2 aromatic heterocycles. The Kier molecular flexibility index (Phi) is 5.81. The van der Waals surface area contributed by atoms with Crippen molar-refractivity contribution in [3.8, 4) is 5.69 Å². The zero-order valence-electron chi connectivity index (χ0n) is 17.3. The molecule has 11 heteroatoms. The molecule has 0 aliphatic carbocycles. The topological polar surface area (TPSA) is 129 Å². The molecule has 3 heterocycles. The van der Waals surface area contributed by atoms with Gasteiger partial charge in [-0.1, -0.05) is 12.1 Å². The molecule has 1 saturated heterocycles. The highest BCUT2D eigenvalue weighted by Gasteiger charge is 2.24. The number of nitro groups is 1. The number of para-hydroxylation sites is 2. The summed E-state index contributed by atoms with van der Waals surface area (Å²) in [5.41, 5.74) is -0.0518. The van der Waals surface area contributed by atoms with Gasteiger partial charge >= 0.3 is 0 Å². The van der Waals surface area contributed by atoms with Crippen LogP contribution in [0.3, 0.4) is 0 Å². The smallest absolute Gasteiger partial charge is 0.294 e. The lowest BCUT2D eigenvalue weighted by Crippen LogP contribution is -2.48. The molecule has 1 aliphatic rings. The molecule has 1 N–H and O–H groups in total. The highest BCUT2D eigenvalue weighted by molar-refractivity contribution is 5.76. The minimum absolute atomic E-state index is 0.0819. The fourth-order valence-electron chi connectivity index (χ4n) is 4.07. The van der Waals surface area contributed by atoms with Crippen LogP contribution in [-0.4, -0.2) is 72.2 Å². The summed E-state index contributed by atoms with van der Waals surface area (Å²) in [4.78, 5) is 30.2. The van der Waals surface area contributed by atoms with Crippen LogP contribution < -0.4 is 5.56 Å². The van der Waals surface area contributed by atoms with E-state index in [1.807, 2.05) is 13.8 Å². The fraction of sp³-hybridized carbons (Fsp3) is 0.450. The van der Waals surface area contributed by atoms with Gasteiger partial charge in [0.2, 0.25) is 0 Å². The number of rotatable bonds is 6. The normalized spacial score (nSPS) is 20.7. The molecule has 1 aromatic carbocycles. The lowest BCUT2D eigenvalue weighted by Gasteiger charge is -2.36. The highest BCUT2D eigenvalue weighted by atomic mass is 16.6. The van der Waals surface area contributed by atoms with E-state index in [9.17, 15) is 20.0 Å².